The van der Waals surface area contributed by atoms with E-state index >= 15 is 0 Å². The predicted molar refractivity (Wildman–Crippen MR) is 124 cm³/mol. The van der Waals surface area contributed by atoms with Crippen molar-refractivity contribution in [1.82, 2.24) is 20.4 Å². The lowest BCUT2D eigenvalue weighted by molar-refractivity contribution is -0.153. The molecule has 1 aliphatic heterocycles. The number of aromatic nitrogens is 2. The van der Waals surface area contributed by atoms with Gasteiger partial charge in [0.25, 0.3) is 17.4 Å². The Morgan fingerprint density at radius 3 is 2.26 bits per heavy atom. The first kappa shape index (κ1) is 24.2. The van der Waals surface area contributed by atoms with Crippen LogP contribution in [0, 0.1) is 0 Å². The molecule has 0 unspecified atom stereocenters. The number of imide groups is 2. The second-order valence-corrected chi connectivity index (χ2v) is 8.82. The number of carbonyl (C=O) groups excluding carboxylic acids is 3. The molecule has 0 saturated carbocycles. The number of aliphatic hydroxyl groups is 1. The van der Waals surface area contributed by atoms with Crippen LogP contribution in [0.2, 0.25) is 0 Å². The van der Waals surface area contributed by atoms with Crippen LogP contribution in [0.4, 0.5) is 4.79 Å². The van der Waals surface area contributed by atoms with Gasteiger partial charge in [0, 0.05) is 18.9 Å². The lowest BCUT2D eigenvalue weighted by Gasteiger charge is -2.34. The number of rotatable bonds is 9. The zero-order valence-electron chi connectivity index (χ0n) is 19.5. The van der Waals surface area contributed by atoms with Crippen LogP contribution in [-0.4, -0.2) is 57.7 Å². The van der Waals surface area contributed by atoms with E-state index < -0.39 is 29.0 Å². The molecule has 11 heteroatoms. The van der Waals surface area contributed by atoms with Gasteiger partial charge in [0.1, 0.15) is 17.2 Å². The van der Waals surface area contributed by atoms with Crippen molar-refractivity contribution < 1.29 is 33.7 Å². The number of hydrogen-bond acceptors (Lipinski definition) is 8. The highest BCUT2D eigenvalue weighted by Crippen LogP contribution is 2.30. The van der Waals surface area contributed by atoms with E-state index in [1.807, 2.05) is 12.1 Å². The van der Waals surface area contributed by atoms with Crippen LogP contribution in [0.25, 0.3) is 10.9 Å². The minimum atomic E-state index is -1.94. The standard InChI is InChI=1S/C24H26N4O7/c1-23(2,32)14-28-19-9-8-18(12-15(19)13-25-28)34-16-4-6-17(7-5-16)35-24(10-11-33-3)20(29)26-22(31)27-21(24)30/h4-9,12-13,32H,10-11,14H2,1-3H3,(H2,26,27,29,30,31). The highest BCUT2D eigenvalue weighted by molar-refractivity contribution is 6.21. The fourth-order valence-electron chi connectivity index (χ4n) is 3.69. The maximum absolute atomic E-state index is 12.5. The van der Waals surface area contributed by atoms with Gasteiger partial charge in [-0.1, -0.05) is 0 Å². The van der Waals surface area contributed by atoms with E-state index in [1.165, 1.54) is 7.11 Å². The van der Waals surface area contributed by atoms with Crippen LogP contribution in [0.15, 0.2) is 48.7 Å². The molecular weight excluding hydrogens is 456 g/mol. The van der Waals surface area contributed by atoms with Crippen LogP contribution in [-0.2, 0) is 20.9 Å². The molecule has 1 saturated heterocycles. The normalized spacial score (nSPS) is 15.6. The lowest BCUT2D eigenvalue weighted by Crippen LogP contribution is -2.69. The first-order valence-corrected chi connectivity index (χ1v) is 10.9. The van der Waals surface area contributed by atoms with Crippen LogP contribution in [0.1, 0.15) is 20.3 Å². The highest BCUT2D eigenvalue weighted by Gasteiger charge is 2.52. The number of ether oxygens (including phenoxy) is 3. The number of fused-ring (bicyclic) bond motifs is 1. The summed E-state index contributed by atoms with van der Waals surface area (Å²) in [6.07, 6.45) is 1.61. The number of urea groups is 1. The summed E-state index contributed by atoms with van der Waals surface area (Å²) in [5.74, 6) is -0.407. The molecule has 0 spiro atoms. The van der Waals surface area contributed by atoms with Gasteiger partial charge in [0.05, 0.1) is 30.5 Å². The van der Waals surface area contributed by atoms with Gasteiger partial charge in [-0.25, -0.2) is 4.79 Å². The number of amides is 4. The topological polar surface area (TPSA) is 141 Å². The average Bonchev–Trinajstić information content (AvgIpc) is 3.17. The molecule has 1 fully saturated rings. The van der Waals surface area contributed by atoms with Crippen molar-refractivity contribution in [3.63, 3.8) is 0 Å². The van der Waals surface area contributed by atoms with E-state index in [1.54, 1.807) is 55.1 Å². The Bertz CT molecular complexity index is 1240. The van der Waals surface area contributed by atoms with E-state index in [2.05, 4.69) is 15.7 Å². The van der Waals surface area contributed by atoms with Crippen LogP contribution in [0.3, 0.4) is 0 Å². The number of methoxy groups -OCH3 is 1. The van der Waals surface area contributed by atoms with E-state index in [0.29, 0.717) is 18.0 Å². The maximum Gasteiger partial charge on any atom is 0.328 e. The predicted octanol–water partition coefficient (Wildman–Crippen LogP) is 2.12. The van der Waals surface area contributed by atoms with Crippen LogP contribution in [0.5, 0.6) is 17.2 Å². The fourth-order valence-corrected chi connectivity index (χ4v) is 3.69. The van der Waals surface area contributed by atoms with Gasteiger partial charge < -0.3 is 19.3 Å². The zero-order chi connectivity index (χ0) is 25.2. The smallest absolute Gasteiger partial charge is 0.328 e. The lowest BCUT2D eigenvalue weighted by atomic mass is 9.95. The third-order valence-electron chi connectivity index (χ3n) is 5.35. The molecule has 11 nitrogen and oxygen atoms in total. The second-order valence-electron chi connectivity index (χ2n) is 8.82. The molecule has 2 aromatic carbocycles. The van der Waals surface area contributed by atoms with Crippen molar-refractivity contribution in [2.75, 3.05) is 13.7 Å². The molecule has 3 N–H and O–H groups in total. The molecule has 35 heavy (non-hydrogen) atoms. The van der Waals surface area contributed by atoms with Crippen molar-refractivity contribution in [2.24, 2.45) is 0 Å². The van der Waals surface area contributed by atoms with E-state index in [0.717, 1.165) is 10.9 Å². The van der Waals surface area contributed by atoms with Crippen LogP contribution < -0.4 is 20.1 Å². The molecule has 3 aromatic rings. The quantitative estimate of drug-likeness (QED) is 0.394. The summed E-state index contributed by atoms with van der Waals surface area (Å²) in [6.45, 7) is 3.86. The van der Waals surface area contributed by atoms with E-state index in [4.69, 9.17) is 14.2 Å². The van der Waals surface area contributed by atoms with Gasteiger partial charge in [0.2, 0.25) is 0 Å². The van der Waals surface area contributed by atoms with Crippen molar-refractivity contribution in [3.05, 3.63) is 48.7 Å². The fraction of sp³-hybridized carbons (Fsp3) is 0.333. The molecule has 0 atom stereocenters. The first-order chi connectivity index (χ1) is 16.6. The number of benzene rings is 2. The Kier molecular flexibility index (Phi) is 6.46. The Hall–Kier alpha value is -3.96. The number of hydrogen-bond donors (Lipinski definition) is 3. The minimum Gasteiger partial charge on any atom is -0.467 e. The Labute approximate surface area is 201 Å². The second kappa shape index (κ2) is 9.35. The van der Waals surface area contributed by atoms with Gasteiger partial charge in [-0.15, -0.1) is 0 Å². The van der Waals surface area contributed by atoms with Crippen molar-refractivity contribution >= 4 is 28.7 Å². The number of nitrogens with one attached hydrogen (secondary N) is 2. The molecule has 184 valence electrons. The number of nitrogens with zero attached hydrogens (tertiary/aromatic N) is 2. The molecular formula is C24H26N4O7. The van der Waals surface area contributed by atoms with E-state index in [-0.39, 0.29) is 18.8 Å². The van der Waals surface area contributed by atoms with Gasteiger partial charge in [-0.2, -0.15) is 5.10 Å². The number of carbonyl (C=O) groups is 3. The molecule has 4 rings (SSSR count). The summed E-state index contributed by atoms with van der Waals surface area (Å²) >= 11 is 0. The monoisotopic (exact) mass is 482 g/mol. The number of barbiturate groups is 1. The van der Waals surface area contributed by atoms with Crippen molar-refractivity contribution in [3.8, 4) is 17.2 Å². The van der Waals surface area contributed by atoms with Crippen molar-refractivity contribution in [1.29, 1.82) is 0 Å². The van der Waals surface area contributed by atoms with Crippen molar-refractivity contribution in [2.45, 2.75) is 38.0 Å². The third-order valence-corrected chi connectivity index (χ3v) is 5.35. The van der Waals surface area contributed by atoms with Gasteiger partial charge in [0.15, 0.2) is 0 Å². The summed E-state index contributed by atoms with van der Waals surface area (Å²) in [4.78, 5) is 36.5. The summed E-state index contributed by atoms with van der Waals surface area (Å²) in [5, 5.41) is 19.4. The van der Waals surface area contributed by atoms with Gasteiger partial charge >= 0.3 is 6.03 Å². The Morgan fingerprint density at radius 1 is 1.00 bits per heavy atom. The molecule has 4 amide bonds. The maximum atomic E-state index is 12.5. The molecule has 0 aliphatic carbocycles. The van der Waals surface area contributed by atoms with Crippen LogP contribution >= 0.6 is 0 Å². The average molecular weight is 482 g/mol. The molecule has 0 bridgehead atoms. The minimum absolute atomic E-state index is 0.0606. The van der Waals surface area contributed by atoms with Gasteiger partial charge in [-0.05, 0) is 56.3 Å². The summed E-state index contributed by atoms with van der Waals surface area (Å²) in [5.41, 5.74) is -1.97. The largest absolute Gasteiger partial charge is 0.467 e. The summed E-state index contributed by atoms with van der Waals surface area (Å²) in [7, 11) is 1.43. The Balaban J connectivity index is 1.49. The molecule has 1 aliphatic rings. The third kappa shape index (κ3) is 5.26. The van der Waals surface area contributed by atoms with E-state index in [9.17, 15) is 19.5 Å². The van der Waals surface area contributed by atoms with Gasteiger partial charge in [-0.3, -0.25) is 24.9 Å². The molecule has 0 radical (unpaired) electrons. The molecule has 2 heterocycles. The summed E-state index contributed by atoms with van der Waals surface area (Å²) < 4.78 is 18.4. The Morgan fingerprint density at radius 2 is 1.63 bits per heavy atom. The SMILES string of the molecule is COCCC1(Oc2ccc(Oc3ccc4c(cnn4CC(C)(C)O)c3)cc2)C(=O)NC(=O)NC1=O. The summed E-state index contributed by atoms with van der Waals surface area (Å²) in [6, 6.07) is 11.0. The first-order valence-electron chi connectivity index (χ1n) is 10.9. The zero-order valence-corrected chi connectivity index (χ0v) is 19.5. The highest BCUT2D eigenvalue weighted by atomic mass is 16.5. The molecule has 1 aromatic heterocycles.